The van der Waals surface area contributed by atoms with Crippen LogP contribution in [0, 0.1) is 12.1 Å². The summed E-state index contributed by atoms with van der Waals surface area (Å²) >= 11 is 1.53. The monoisotopic (exact) mass is 444 g/mol. The Kier molecular flexibility index (Phi) is 6.24. The van der Waals surface area contributed by atoms with Crippen molar-refractivity contribution < 1.29 is 4.74 Å². The van der Waals surface area contributed by atoms with Gasteiger partial charge in [-0.05, 0) is 49.6 Å². The molecule has 0 bridgehead atoms. The molecule has 5 nitrogen and oxygen atoms in total. The lowest BCUT2D eigenvalue weighted by Crippen LogP contribution is -2.48. The lowest BCUT2D eigenvalue weighted by Gasteiger charge is -2.34. The molecule has 1 unspecified atom stereocenters. The van der Waals surface area contributed by atoms with Gasteiger partial charge in [0.15, 0.2) is 5.17 Å². The van der Waals surface area contributed by atoms with E-state index in [2.05, 4.69) is 36.1 Å². The van der Waals surface area contributed by atoms with E-state index in [0.717, 1.165) is 26.7 Å². The van der Waals surface area contributed by atoms with Crippen molar-refractivity contribution in [3.05, 3.63) is 107 Å². The molecule has 0 N–H and O–H groups in total. The third-order valence-electron chi connectivity index (χ3n) is 5.64. The van der Waals surface area contributed by atoms with Gasteiger partial charge in [0.05, 0.1) is 5.56 Å². The Balaban J connectivity index is 2.04. The van der Waals surface area contributed by atoms with Crippen LogP contribution in [0.15, 0.2) is 89.9 Å². The molecule has 1 atom stereocenters. The smallest absolute Gasteiger partial charge is 0.379 e. The number of hydrogen-bond acceptors (Lipinski definition) is 4. The number of benzene rings is 3. The lowest BCUT2D eigenvalue weighted by atomic mass is 10.1. The highest BCUT2D eigenvalue weighted by Gasteiger charge is 2.55. The molecule has 164 valence electrons. The fourth-order valence-corrected chi connectivity index (χ4v) is 4.61. The van der Waals surface area contributed by atoms with Crippen molar-refractivity contribution in [1.82, 2.24) is 4.90 Å². The standard InChI is InChI=1S/C26H28N4OS/c1-20-15-17-23(18-16-20)29-19-24(21-11-7-5-8-12-21)30(31)26(29,22-13-9-6-10-14-22)27-25(32-4)28(2)3/h5-18H,19H2,1-4H3/b27-25-. The SMILES string of the molecule is CS/C(=N\C1(c2ccccc2)N(c2ccc(C)cc2)CC(c2ccccc2)=[N+]1[O-])N(C)C. The van der Waals surface area contributed by atoms with E-state index < -0.39 is 5.79 Å². The second-order valence-electron chi connectivity index (χ2n) is 8.02. The van der Waals surface area contributed by atoms with Crippen LogP contribution in [0.25, 0.3) is 0 Å². The number of aryl methyl sites for hydroxylation is 1. The average Bonchev–Trinajstić information content (AvgIpc) is 3.12. The van der Waals surface area contributed by atoms with Crippen molar-refractivity contribution in [3.63, 3.8) is 0 Å². The van der Waals surface area contributed by atoms with Crippen molar-refractivity contribution in [2.24, 2.45) is 4.99 Å². The minimum atomic E-state index is -1.26. The van der Waals surface area contributed by atoms with E-state index in [9.17, 15) is 5.21 Å². The van der Waals surface area contributed by atoms with Crippen LogP contribution in [0.1, 0.15) is 16.7 Å². The lowest BCUT2D eigenvalue weighted by molar-refractivity contribution is -0.547. The molecule has 32 heavy (non-hydrogen) atoms. The predicted molar refractivity (Wildman–Crippen MR) is 135 cm³/mol. The summed E-state index contributed by atoms with van der Waals surface area (Å²) in [6.07, 6.45) is 1.99. The maximum absolute atomic E-state index is 14.3. The van der Waals surface area contributed by atoms with Crippen molar-refractivity contribution in [2.45, 2.75) is 12.7 Å². The number of hydrogen-bond donors (Lipinski definition) is 0. The Morgan fingerprint density at radius 3 is 2.12 bits per heavy atom. The number of anilines is 1. The molecular formula is C26H28N4OS. The quantitative estimate of drug-likeness (QED) is 0.248. The Morgan fingerprint density at radius 2 is 1.56 bits per heavy atom. The molecule has 3 aromatic carbocycles. The number of thioether (sulfide) groups is 1. The number of rotatable bonds is 4. The van der Waals surface area contributed by atoms with Crippen LogP contribution in [0.3, 0.4) is 0 Å². The fourth-order valence-electron chi connectivity index (χ4n) is 4.02. The van der Waals surface area contributed by atoms with E-state index >= 15 is 0 Å². The van der Waals surface area contributed by atoms with Crippen LogP contribution in [0.2, 0.25) is 0 Å². The van der Waals surface area contributed by atoms with Gasteiger partial charge in [-0.3, -0.25) is 4.90 Å². The minimum absolute atomic E-state index is 0.448. The first-order valence-corrected chi connectivity index (χ1v) is 11.8. The molecule has 0 saturated heterocycles. The molecule has 0 radical (unpaired) electrons. The largest absolute Gasteiger partial charge is 0.620 e. The second kappa shape index (κ2) is 9.09. The normalized spacial score (nSPS) is 18.9. The molecule has 0 aromatic heterocycles. The Bertz CT molecular complexity index is 1130. The Labute approximate surface area is 194 Å². The van der Waals surface area contributed by atoms with E-state index in [1.807, 2.05) is 85.9 Å². The zero-order chi connectivity index (χ0) is 22.7. The molecule has 4 rings (SSSR count). The second-order valence-corrected chi connectivity index (χ2v) is 8.80. The van der Waals surface area contributed by atoms with Crippen LogP contribution in [0.5, 0.6) is 0 Å². The summed E-state index contributed by atoms with van der Waals surface area (Å²) in [5.74, 6) is -1.26. The van der Waals surface area contributed by atoms with Crippen LogP contribution >= 0.6 is 11.8 Å². The molecule has 0 aliphatic carbocycles. The maximum atomic E-state index is 14.3. The average molecular weight is 445 g/mol. The minimum Gasteiger partial charge on any atom is -0.620 e. The highest BCUT2D eigenvalue weighted by Crippen LogP contribution is 2.40. The van der Waals surface area contributed by atoms with Crippen LogP contribution in [-0.4, -0.2) is 47.4 Å². The van der Waals surface area contributed by atoms with Crippen molar-refractivity contribution in [2.75, 3.05) is 31.8 Å². The fraction of sp³-hybridized carbons (Fsp3) is 0.231. The first kappa shape index (κ1) is 22.0. The molecule has 0 spiro atoms. The summed E-state index contributed by atoms with van der Waals surface area (Å²) in [5.41, 5.74) is 4.55. The van der Waals surface area contributed by atoms with E-state index in [1.54, 1.807) is 0 Å². The molecule has 1 aliphatic heterocycles. The summed E-state index contributed by atoms with van der Waals surface area (Å²) < 4.78 is 1.09. The van der Waals surface area contributed by atoms with Gasteiger partial charge in [0.1, 0.15) is 6.54 Å². The molecule has 3 aromatic rings. The molecule has 1 aliphatic rings. The van der Waals surface area contributed by atoms with Gasteiger partial charge in [0.2, 0.25) is 5.71 Å². The van der Waals surface area contributed by atoms with Crippen molar-refractivity contribution in [1.29, 1.82) is 0 Å². The third-order valence-corrected chi connectivity index (χ3v) is 6.46. The predicted octanol–water partition coefficient (Wildman–Crippen LogP) is 4.91. The van der Waals surface area contributed by atoms with Crippen LogP contribution in [0.4, 0.5) is 5.69 Å². The maximum Gasteiger partial charge on any atom is 0.379 e. The third kappa shape index (κ3) is 3.86. The van der Waals surface area contributed by atoms with E-state index in [0.29, 0.717) is 12.3 Å². The van der Waals surface area contributed by atoms with Gasteiger partial charge in [0.25, 0.3) is 0 Å². The van der Waals surface area contributed by atoms with Gasteiger partial charge < -0.3 is 10.1 Å². The zero-order valence-electron chi connectivity index (χ0n) is 18.9. The van der Waals surface area contributed by atoms with Gasteiger partial charge in [-0.2, -0.15) is 9.73 Å². The van der Waals surface area contributed by atoms with Crippen LogP contribution in [-0.2, 0) is 5.79 Å². The van der Waals surface area contributed by atoms with Gasteiger partial charge >= 0.3 is 5.79 Å². The van der Waals surface area contributed by atoms with E-state index in [-0.39, 0.29) is 0 Å². The highest BCUT2D eigenvalue weighted by molar-refractivity contribution is 8.13. The Hall–Kier alpha value is -3.25. The van der Waals surface area contributed by atoms with Gasteiger partial charge in [0, 0.05) is 25.3 Å². The van der Waals surface area contributed by atoms with Gasteiger partial charge in [-0.15, -0.1) is 0 Å². The molecular weight excluding hydrogens is 416 g/mol. The first-order chi connectivity index (χ1) is 15.5. The summed E-state index contributed by atoms with van der Waals surface area (Å²) in [5, 5.41) is 15.0. The van der Waals surface area contributed by atoms with E-state index in [1.165, 1.54) is 17.3 Å². The zero-order valence-corrected chi connectivity index (χ0v) is 19.7. The van der Waals surface area contributed by atoms with Crippen molar-refractivity contribution >= 4 is 28.3 Å². The van der Waals surface area contributed by atoms with Crippen LogP contribution < -0.4 is 4.90 Å². The molecule has 0 fully saturated rings. The van der Waals surface area contributed by atoms with Crippen molar-refractivity contribution in [3.8, 4) is 0 Å². The van der Waals surface area contributed by atoms with E-state index in [4.69, 9.17) is 4.99 Å². The number of hydroxylamine groups is 1. The molecule has 0 amide bonds. The topological polar surface area (TPSA) is 44.9 Å². The van der Waals surface area contributed by atoms with Gasteiger partial charge in [-0.1, -0.05) is 65.9 Å². The number of amidine groups is 1. The summed E-state index contributed by atoms with van der Waals surface area (Å²) in [6, 6.07) is 28.0. The number of nitrogens with zero attached hydrogens (tertiary/aromatic N) is 4. The molecule has 0 saturated carbocycles. The van der Waals surface area contributed by atoms with Gasteiger partial charge in [-0.25, -0.2) is 0 Å². The molecule has 1 heterocycles. The number of aliphatic imine (C=N–C) groups is 1. The summed E-state index contributed by atoms with van der Waals surface area (Å²) in [7, 11) is 3.91. The highest BCUT2D eigenvalue weighted by atomic mass is 32.2. The Morgan fingerprint density at radius 1 is 0.969 bits per heavy atom. The molecule has 6 heteroatoms. The first-order valence-electron chi connectivity index (χ1n) is 10.6. The summed E-state index contributed by atoms with van der Waals surface area (Å²) in [6.45, 7) is 2.51. The summed E-state index contributed by atoms with van der Waals surface area (Å²) in [4.78, 5) is 9.22.